The van der Waals surface area contributed by atoms with Gasteiger partial charge in [0.15, 0.2) is 0 Å². The Morgan fingerprint density at radius 1 is 1.37 bits per heavy atom. The molecule has 0 aromatic carbocycles. The first kappa shape index (κ1) is 16.6. The summed E-state index contributed by atoms with van der Waals surface area (Å²) >= 11 is 0. The van der Waals surface area contributed by atoms with Gasteiger partial charge >= 0.3 is 0 Å². The fourth-order valence-electron chi connectivity index (χ4n) is 2.48. The van der Waals surface area contributed by atoms with Gasteiger partial charge in [0.1, 0.15) is 0 Å². The van der Waals surface area contributed by atoms with E-state index in [-0.39, 0.29) is 23.4 Å². The van der Waals surface area contributed by atoms with Gasteiger partial charge in [-0.2, -0.15) is 0 Å². The van der Waals surface area contributed by atoms with Crippen LogP contribution < -0.4 is 5.32 Å². The highest BCUT2D eigenvalue weighted by molar-refractivity contribution is 7.84. The van der Waals surface area contributed by atoms with Crippen LogP contribution in [-0.4, -0.2) is 45.3 Å². The van der Waals surface area contributed by atoms with Gasteiger partial charge in [0.2, 0.25) is 5.91 Å². The molecule has 19 heavy (non-hydrogen) atoms. The smallest absolute Gasteiger partial charge is 0.241 e. The molecule has 1 rings (SSSR count). The summed E-state index contributed by atoms with van der Waals surface area (Å²) in [6.07, 6.45) is 4.65. The second-order valence-electron chi connectivity index (χ2n) is 5.95. The topological polar surface area (TPSA) is 49.4 Å². The Labute approximate surface area is 119 Å². The van der Waals surface area contributed by atoms with E-state index in [1.54, 1.807) is 6.26 Å². The van der Waals surface area contributed by atoms with E-state index in [1.165, 1.54) is 0 Å². The maximum Gasteiger partial charge on any atom is 0.241 e. The first-order chi connectivity index (χ1) is 8.86. The summed E-state index contributed by atoms with van der Waals surface area (Å²) in [6, 6.07) is -0.0498. The highest BCUT2D eigenvalue weighted by Crippen LogP contribution is 2.20. The monoisotopic (exact) mass is 288 g/mol. The lowest BCUT2D eigenvalue weighted by Gasteiger charge is -2.27. The minimum Gasteiger partial charge on any atom is -0.325 e. The largest absolute Gasteiger partial charge is 0.325 e. The Bertz CT molecular complexity index is 333. The third-order valence-electron chi connectivity index (χ3n) is 3.64. The first-order valence-electron chi connectivity index (χ1n) is 7.25. The lowest BCUT2D eigenvalue weighted by Crippen LogP contribution is -2.42. The van der Waals surface area contributed by atoms with Crippen molar-refractivity contribution in [1.29, 1.82) is 0 Å². The summed E-state index contributed by atoms with van der Waals surface area (Å²) in [5.41, 5.74) is 0. The van der Waals surface area contributed by atoms with E-state index in [0.717, 1.165) is 19.3 Å². The molecule has 5 heteroatoms. The summed E-state index contributed by atoms with van der Waals surface area (Å²) in [5.74, 6) is 0.723. The summed E-state index contributed by atoms with van der Waals surface area (Å²) in [7, 11) is -0.886. The minimum atomic E-state index is -0.886. The number of carbonyl (C=O) groups excluding carboxylic acids is 1. The summed E-state index contributed by atoms with van der Waals surface area (Å²) < 4.78 is 11.5. The molecule has 112 valence electrons. The molecule has 1 heterocycles. The zero-order chi connectivity index (χ0) is 14.6. The second kappa shape index (κ2) is 7.39. The Morgan fingerprint density at radius 3 is 2.47 bits per heavy atom. The average Bonchev–Trinajstić information content (AvgIpc) is 2.57. The van der Waals surface area contributed by atoms with Crippen LogP contribution in [0.4, 0.5) is 0 Å². The normalized spacial score (nSPS) is 27.1. The highest BCUT2D eigenvalue weighted by Gasteiger charge is 2.38. The Morgan fingerprint density at radius 2 is 2.00 bits per heavy atom. The molecular weight excluding hydrogens is 260 g/mol. The van der Waals surface area contributed by atoms with Crippen LogP contribution in [0.15, 0.2) is 0 Å². The molecule has 1 N–H and O–H groups in total. The van der Waals surface area contributed by atoms with Crippen molar-refractivity contribution in [3.8, 4) is 0 Å². The maximum absolute atomic E-state index is 12.4. The van der Waals surface area contributed by atoms with Gasteiger partial charge < -0.3 is 4.90 Å². The summed E-state index contributed by atoms with van der Waals surface area (Å²) in [6.45, 7) is 8.96. The van der Waals surface area contributed by atoms with Gasteiger partial charge in [0, 0.05) is 28.9 Å². The van der Waals surface area contributed by atoms with Crippen LogP contribution in [0.25, 0.3) is 0 Å². The zero-order valence-corrected chi connectivity index (χ0v) is 13.6. The number of nitrogens with zero attached hydrogens (tertiary/aromatic N) is 1. The fraction of sp³-hybridized carbons (Fsp3) is 0.929. The van der Waals surface area contributed by atoms with Crippen LogP contribution in [0.1, 0.15) is 47.0 Å². The molecule has 1 saturated heterocycles. The number of nitrogens with one attached hydrogen (secondary N) is 1. The summed E-state index contributed by atoms with van der Waals surface area (Å²) in [4.78, 5) is 14.3. The number of hydrogen-bond acceptors (Lipinski definition) is 3. The van der Waals surface area contributed by atoms with Crippen molar-refractivity contribution < 1.29 is 9.00 Å². The zero-order valence-electron chi connectivity index (χ0n) is 12.8. The van der Waals surface area contributed by atoms with Gasteiger partial charge in [-0.15, -0.1) is 0 Å². The van der Waals surface area contributed by atoms with E-state index >= 15 is 0 Å². The lowest BCUT2D eigenvalue weighted by molar-refractivity contribution is -0.130. The summed E-state index contributed by atoms with van der Waals surface area (Å²) in [5, 5.41) is 3.47. The minimum absolute atomic E-state index is 0.0285. The van der Waals surface area contributed by atoms with Crippen LogP contribution in [0.2, 0.25) is 0 Å². The molecule has 1 fully saturated rings. The molecule has 4 atom stereocenters. The number of hydrogen-bond donors (Lipinski definition) is 1. The SMILES string of the molecule is CCCC1NC(CC(C)C)N(CC(C)S(C)=O)C1=O. The van der Waals surface area contributed by atoms with Crippen LogP contribution in [0, 0.1) is 5.92 Å². The molecule has 0 aliphatic carbocycles. The van der Waals surface area contributed by atoms with Gasteiger partial charge in [-0.25, -0.2) is 0 Å². The molecule has 0 spiro atoms. The Hall–Kier alpha value is -0.420. The van der Waals surface area contributed by atoms with Crippen molar-refractivity contribution in [1.82, 2.24) is 10.2 Å². The van der Waals surface area contributed by atoms with Crippen LogP contribution in [0.5, 0.6) is 0 Å². The predicted molar refractivity (Wildman–Crippen MR) is 80.3 cm³/mol. The van der Waals surface area contributed by atoms with Gasteiger partial charge in [-0.05, 0) is 25.7 Å². The molecule has 0 saturated carbocycles. The molecule has 1 aliphatic rings. The molecule has 0 aromatic heterocycles. The second-order valence-corrected chi connectivity index (χ2v) is 7.76. The maximum atomic E-state index is 12.4. The number of rotatable bonds is 7. The molecule has 0 bridgehead atoms. The van der Waals surface area contributed by atoms with E-state index in [4.69, 9.17) is 0 Å². The quantitative estimate of drug-likeness (QED) is 0.776. The van der Waals surface area contributed by atoms with Crippen LogP contribution >= 0.6 is 0 Å². The standard InChI is InChI=1S/C14H28N2O2S/c1-6-7-12-14(17)16(9-11(4)19(5)18)13(15-12)8-10(2)3/h10-13,15H,6-9H2,1-5H3. The third-order valence-corrected chi connectivity index (χ3v) is 4.93. The first-order valence-corrected chi connectivity index (χ1v) is 8.87. The van der Waals surface area contributed by atoms with Crippen molar-refractivity contribution in [3.63, 3.8) is 0 Å². The van der Waals surface area contributed by atoms with E-state index in [1.807, 2.05) is 11.8 Å². The number of amides is 1. The van der Waals surface area contributed by atoms with Crippen molar-refractivity contribution in [3.05, 3.63) is 0 Å². The highest BCUT2D eigenvalue weighted by atomic mass is 32.2. The lowest BCUT2D eigenvalue weighted by atomic mass is 10.1. The molecule has 1 aliphatic heterocycles. The molecule has 0 radical (unpaired) electrons. The predicted octanol–water partition coefficient (Wildman–Crippen LogP) is 1.73. The average molecular weight is 288 g/mol. The molecule has 4 nitrogen and oxygen atoms in total. The van der Waals surface area contributed by atoms with Crippen molar-refractivity contribution >= 4 is 16.7 Å². The van der Waals surface area contributed by atoms with Crippen LogP contribution in [0.3, 0.4) is 0 Å². The van der Waals surface area contributed by atoms with Crippen LogP contribution in [-0.2, 0) is 15.6 Å². The third kappa shape index (κ3) is 4.56. The molecule has 1 amide bonds. The van der Waals surface area contributed by atoms with Gasteiger partial charge in [0.05, 0.1) is 12.2 Å². The molecule has 0 aromatic rings. The van der Waals surface area contributed by atoms with E-state index < -0.39 is 10.8 Å². The van der Waals surface area contributed by atoms with Crippen molar-refractivity contribution in [2.24, 2.45) is 5.92 Å². The van der Waals surface area contributed by atoms with Gasteiger partial charge in [-0.3, -0.25) is 14.3 Å². The van der Waals surface area contributed by atoms with E-state index in [9.17, 15) is 9.00 Å². The Kier molecular flexibility index (Phi) is 6.47. The molecule has 4 unspecified atom stereocenters. The van der Waals surface area contributed by atoms with Gasteiger partial charge in [0.25, 0.3) is 0 Å². The van der Waals surface area contributed by atoms with Gasteiger partial charge in [-0.1, -0.05) is 27.2 Å². The fourth-order valence-corrected chi connectivity index (χ4v) is 2.85. The van der Waals surface area contributed by atoms with E-state index in [0.29, 0.717) is 12.5 Å². The van der Waals surface area contributed by atoms with Crippen molar-refractivity contribution in [2.75, 3.05) is 12.8 Å². The Balaban J connectivity index is 2.75. The molecular formula is C14H28N2O2S. The number of carbonyl (C=O) groups is 1. The van der Waals surface area contributed by atoms with E-state index in [2.05, 4.69) is 26.1 Å². The van der Waals surface area contributed by atoms with Crippen molar-refractivity contribution in [2.45, 2.75) is 64.4 Å².